The first-order chi connectivity index (χ1) is 12.2. The van der Waals surface area contributed by atoms with Gasteiger partial charge in [0.15, 0.2) is 5.58 Å². The topological polar surface area (TPSA) is 35.3 Å². The second-order valence-corrected chi connectivity index (χ2v) is 6.88. The lowest BCUT2D eigenvalue weighted by molar-refractivity contribution is -0.253. The van der Waals surface area contributed by atoms with Gasteiger partial charge in [-0.05, 0) is 29.8 Å². The first kappa shape index (κ1) is 19.1. The largest absolute Gasteiger partial charge is 0.461 e. The summed E-state index contributed by atoms with van der Waals surface area (Å²) in [4.78, 5) is 4.26. The SMILES string of the molecule is FC(F)C(F)(F)Oc1ccc(CSc2nc3cc(Cl)cc(Cl)c3o2)cc1. The molecule has 0 amide bonds. The molecular formula is C16H9Cl2F4NO2S. The molecule has 3 nitrogen and oxygen atoms in total. The van der Waals surface area contributed by atoms with Crippen molar-refractivity contribution in [3.63, 3.8) is 0 Å². The van der Waals surface area contributed by atoms with Crippen LogP contribution < -0.4 is 4.74 Å². The minimum Gasteiger partial charge on any atom is -0.430 e. The molecule has 0 aliphatic carbocycles. The normalized spacial score (nSPS) is 12.1. The Labute approximate surface area is 159 Å². The van der Waals surface area contributed by atoms with Crippen molar-refractivity contribution in [3.8, 4) is 5.75 Å². The highest BCUT2D eigenvalue weighted by Crippen LogP contribution is 2.33. The molecule has 0 radical (unpaired) electrons. The minimum atomic E-state index is -4.53. The van der Waals surface area contributed by atoms with Gasteiger partial charge in [-0.2, -0.15) is 17.6 Å². The molecule has 3 rings (SSSR count). The van der Waals surface area contributed by atoms with Gasteiger partial charge in [0.25, 0.3) is 5.22 Å². The third kappa shape index (κ3) is 4.36. The first-order valence-electron chi connectivity index (χ1n) is 7.07. The van der Waals surface area contributed by atoms with E-state index >= 15 is 0 Å². The van der Waals surface area contributed by atoms with Crippen molar-refractivity contribution in [3.05, 3.63) is 52.0 Å². The van der Waals surface area contributed by atoms with E-state index in [9.17, 15) is 17.6 Å². The maximum absolute atomic E-state index is 12.8. The van der Waals surface area contributed by atoms with Crippen LogP contribution in [0.3, 0.4) is 0 Å². The van der Waals surface area contributed by atoms with E-state index in [1.54, 1.807) is 12.1 Å². The van der Waals surface area contributed by atoms with Gasteiger partial charge in [-0.25, -0.2) is 4.98 Å². The van der Waals surface area contributed by atoms with Gasteiger partial charge < -0.3 is 9.15 Å². The van der Waals surface area contributed by atoms with Crippen molar-refractivity contribution >= 4 is 46.1 Å². The molecule has 0 aliphatic heterocycles. The zero-order chi connectivity index (χ0) is 18.9. The lowest BCUT2D eigenvalue weighted by Crippen LogP contribution is -2.33. The number of hydrogen-bond donors (Lipinski definition) is 0. The van der Waals surface area contributed by atoms with Crippen LogP contribution in [0.1, 0.15) is 5.56 Å². The molecule has 0 fully saturated rings. The van der Waals surface area contributed by atoms with Gasteiger partial charge in [0.1, 0.15) is 11.3 Å². The van der Waals surface area contributed by atoms with Crippen molar-refractivity contribution in [2.24, 2.45) is 0 Å². The quantitative estimate of drug-likeness (QED) is 0.326. The zero-order valence-electron chi connectivity index (χ0n) is 12.7. The molecule has 0 spiro atoms. The fourth-order valence-corrected chi connectivity index (χ4v) is 3.31. The fourth-order valence-electron chi connectivity index (χ4n) is 2.00. The van der Waals surface area contributed by atoms with Crippen LogP contribution >= 0.6 is 35.0 Å². The van der Waals surface area contributed by atoms with E-state index in [0.717, 1.165) is 5.56 Å². The number of fused-ring (bicyclic) bond motifs is 1. The third-order valence-corrected chi connectivity index (χ3v) is 4.58. The van der Waals surface area contributed by atoms with Crippen molar-refractivity contribution in [1.82, 2.24) is 4.98 Å². The third-order valence-electron chi connectivity index (χ3n) is 3.18. The molecule has 0 saturated carbocycles. The van der Waals surface area contributed by atoms with E-state index in [1.807, 2.05) is 0 Å². The monoisotopic (exact) mass is 425 g/mol. The highest BCUT2D eigenvalue weighted by molar-refractivity contribution is 7.98. The van der Waals surface area contributed by atoms with E-state index in [-0.39, 0.29) is 5.75 Å². The molecule has 3 aromatic rings. The lowest BCUT2D eigenvalue weighted by atomic mass is 10.2. The molecule has 10 heteroatoms. The van der Waals surface area contributed by atoms with Crippen molar-refractivity contribution < 1.29 is 26.7 Å². The van der Waals surface area contributed by atoms with Crippen LogP contribution in [0.4, 0.5) is 17.6 Å². The summed E-state index contributed by atoms with van der Waals surface area (Å²) in [6.07, 6.45) is -8.44. The van der Waals surface area contributed by atoms with Crippen molar-refractivity contribution in [2.75, 3.05) is 0 Å². The Hall–Kier alpha value is -1.64. The number of ether oxygens (including phenoxy) is 1. The Bertz CT molecular complexity index is 919. The van der Waals surface area contributed by atoms with Gasteiger partial charge in [-0.15, -0.1) is 0 Å². The molecule has 138 valence electrons. The van der Waals surface area contributed by atoms with E-state index < -0.39 is 12.5 Å². The van der Waals surface area contributed by atoms with Crippen LogP contribution in [0.5, 0.6) is 5.75 Å². The number of halogens is 6. The maximum atomic E-state index is 12.8. The van der Waals surface area contributed by atoms with Gasteiger partial charge in [0.05, 0.1) is 5.02 Å². The second-order valence-electron chi connectivity index (χ2n) is 5.11. The van der Waals surface area contributed by atoms with Crippen LogP contribution in [0, 0.1) is 0 Å². The highest BCUT2D eigenvalue weighted by Gasteiger charge is 2.43. The lowest BCUT2D eigenvalue weighted by Gasteiger charge is -2.16. The van der Waals surface area contributed by atoms with Crippen molar-refractivity contribution in [2.45, 2.75) is 23.5 Å². The summed E-state index contributed by atoms with van der Waals surface area (Å²) in [6.45, 7) is 0. The molecule has 26 heavy (non-hydrogen) atoms. The Morgan fingerprint density at radius 3 is 2.50 bits per heavy atom. The van der Waals surface area contributed by atoms with Crippen LogP contribution in [-0.4, -0.2) is 17.5 Å². The molecular weight excluding hydrogens is 417 g/mol. The molecule has 1 heterocycles. The average molecular weight is 426 g/mol. The summed E-state index contributed by atoms with van der Waals surface area (Å²) in [5.41, 5.74) is 1.66. The number of oxazole rings is 1. The summed E-state index contributed by atoms with van der Waals surface area (Å²) < 4.78 is 59.5. The molecule has 0 unspecified atom stereocenters. The van der Waals surface area contributed by atoms with Gasteiger partial charge in [0.2, 0.25) is 0 Å². The van der Waals surface area contributed by atoms with Crippen LogP contribution in [-0.2, 0) is 5.75 Å². The Morgan fingerprint density at radius 2 is 1.85 bits per heavy atom. The highest BCUT2D eigenvalue weighted by atomic mass is 35.5. The number of thioether (sulfide) groups is 1. The van der Waals surface area contributed by atoms with Gasteiger partial charge in [-0.3, -0.25) is 0 Å². The molecule has 0 atom stereocenters. The molecule has 0 saturated heterocycles. The molecule has 1 aromatic heterocycles. The number of rotatable bonds is 6. The average Bonchev–Trinajstić information content (AvgIpc) is 2.97. The van der Waals surface area contributed by atoms with E-state index in [2.05, 4.69) is 9.72 Å². The summed E-state index contributed by atoms with van der Waals surface area (Å²) in [5.74, 6) is 0.0521. The Balaban J connectivity index is 1.66. The van der Waals surface area contributed by atoms with Crippen LogP contribution in [0.25, 0.3) is 11.1 Å². The molecule has 0 N–H and O–H groups in total. The van der Waals surface area contributed by atoms with Crippen molar-refractivity contribution in [1.29, 1.82) is 0 Å². The van der Waals surface area contributed by atoms with Crippen LogP contribution in [0.15, 0.2) is 46.0 Å². The predicted molar refractivity (Wildman–Crippen MR) is 91.6 cm³/mol. The van der Waals surface area contributed by atoms with Gasteiger partial charge in [0, 0.05) is 10.8 Å². The zero-order valence-corrected chi connectivity index (χ0v) is 15.0. The number of alkyl halides is 4. The summed E-state index contributed by atoms with van der Waals surface area (Å²) >= 11 is 13.2. The van der Waals surface area contributed by atoms with Gasteiger partial charge >= 0.3 is 12.5 Å². The number of benzene rings is 2. The summed E-state index contributed by atoms with van der Waals surface area (Å²) in [5, 5.41) is 1.13. The predicted octanol–water partition coefficient (Wildman–Crippen LogP) is 6.66. The maximum Gasteiger partial charge on any atom is 0.461 e. The smallest absolute Gasteiger partial charge is 0.430 e. The minimum absolute atomic E-state index is 0.341. The molecule has 0 bridgehead atoms. The van der Waals surface area contributed by atoms with E-state index in [4.69, 9.17) is 27.6 Å². The Kier molecular flexibility index (Phi) is 5.55. The number of nitrogens with zero attached hydrogens (tertiary/aromatic N) is 1. The first-order valence-corrected chi connectivity index (χ1v) is 8.81. The number of aromatic nitrogens is 1. The molecule has 2 aromatic carbocycles. The van der Waals surface area contributed by atoms with Crippen LogP contribution in [0.2, 0.25) is 10.0 Å². The van der Waals surface area contributed by atoms with E-state index in [1.165, 1.54) is 36.0 Å². The summed E-state index contributed by atoms with van der Waals surface area (Å²) in [6, 6.07) is 8.50. The fraction of sp³-hybridized carbons (Fsp3) is 0.188. The standard InChI is InChI=1S/C16H9Cl2F4NO2S/c17-9-5-11(18)13-12(6-9)23-15(24-13)26-7-8-1-3-10(4-2-8)25-16(21,22)14(19)20/h1-6,14H,7H2. The number of hydrogen-bond acceptors (Lipinski definition) is 4. The van der Waals surface area contributed by atoms with Gasteiger partial charge in [-0.1, -0.05) is 47.1 Å². The van der Waals surface area contributed by atoms with E-state index in [0.29, 0.717) is 32.1 Å². The molecule has 0 aliphatic rings. The summed E-state index contributed by atoms with van der Waals surface area (Å²) in [7, 11) is 0. The second kappa shape index (κ2) is 7.54. The Morgan fingerprint density at radius 1 is 1.15 bits per heavy atom.